The SMILES string of the molecule is CCOc1cc(NC(=O)CC2CSCCN2)ccc1OC. The largest absolute Gasteiger partial charge is 0.493 e. The summed E-state index contributed by atoms with van der Waals surface area (Å²) in [7, 11) is 1.60. The Morgan fingerprint density at radius 1 is 1.48 bits per heavy atom. The van der Waals surface area contributed by atoms with Crippen LogP contribution in [-0.2, 0) is 4.79 Å². The number of thioether (sulfide) groups is 1. The summed E-state index contributed by atoms with van der Waals surface area (Å²) in [6.45, 7) is 3.44. The van der Waals surface area contributed by atoms with Crippen LogP contribution >= 0.6 is 11.8 Å². The fourth-order valence-electron chi connectivity index (χ4n) is 2.21. The molecule has 2 N–H and O–H groups in total. The van der Waals surface area contributed by atoms with E-state index in [1.54, 1.807) is 19.2 Å². The van der Waals surface area contributed by atoms with Crippen LogP contribution in [0.2, 0.25) is 0 Å². The van der Waals surface area contributed by atoms with Gasteiger partial charge in [0.25, 0.3) is 0 Å². The van der Waals surface area contributed by atoms with Gasteiger partial charge in [0.15, 0.2) is 11.5 Å². The van der Waals surface area contributed by atoms with Crippen molar-refractivity contribution in [1.29, 1.82) is 0 Å². The van der Waals surface area contributed by atoms with E-state index in [0.717, 1.165) is 23.7 Å². The first-order chi connectivity index (χ1) is 10.2. The molecule has 0 bridgehead atoms. The van der Waals surface area contributed by atoms with Crippen molar-refractivity contribution < 1.29 is 14.3 Å². The van der Waals surface area contributed by atoms with E-state index in [1.807, 2.05) is 24.8 Å². The Morgan fingerprint density at radius 3 is 3.00 bits per heavy atom. The minimum atomic E-state index is 0.0163. The fraction of sp³-hybridized carbons (Fsp3) is 0.533. The van der Waals surface area contributed by atoms with Crippen molar-refractivity contribution in [3.63, 3.8) is 0 Å². The van der Waals surface area contributed by atoms with E-state index in [0.29, 0.717) is 24.5 Å². The molecule has 1 unspecified atom stereocenters. The third-order valence-corrected chi connectivity index (χ3v) is 4.31. The van der Waals surface area contributed by atoms with E-state index in [2.05, 4.69) is 10.6 Å². The number of benzene rings is 1. The van der Waals surface area contributed by atoms with E-state index < -0.39 is 0 Å². The van der Waals surface area contributed by atoms with E-state index in [4.69, 9.17) is 9.47 Å². The Balaban J connectivity index is 1.94. The number of rotatable bonds is 6. The molecule has 116 valence electrons. The van der Waals surface area contributed by atoms with Gasteiger partial charge < -0.3 is 20.1 Å². The summed E-state index contributed by atoms with van der Waals surface area (Å²) in [5.41, 5.74) is 0.729. The predicted molar refractivity (Wildman–Crippen MR) is 86.5 cm³/mol. The predicted octanol–water partition coefficient (Wildman–Crippen LogP) is 2.13. The number of ether oxygens (including phenoxy) is 2. The normalized spacial score (nSPS) is 18.1. The summed E-state index contributed by atoms with van der Waals surface area (Å²) < 4.78 is 10.7. The minimum absolute atomic E-state index is 0.0163. The van der Waals surface area contributed by atoms with Crippen LogP contribution in [0, 0.1) is 0 Å². The summed E-state index contributed by atoms with van der Waals surface area (Å²) in [5, 5.41) is 6.27. The molecule has 0 aliphatic carbocycles. The Hall–Kier alpha value is -1.40. The highest BCUT2D eigenvalue weighted by Crippen LogP contribution is 2.30. The van der Waals surface area contributed by atoms with Crippen molar-refractivity contribution in [3.8, 4) is 11.5 Å². The molecule has 1 saturated heterocycles. The quantitative estimate of drug-likeness (QED) is 0.843. The van der Waals surface area contributed by atoms with Gasteiger partial charge in [-0.05, 0) is 19.1 Å². The molecule has 6 heteroatoms. The zero-order valence-corrected chi connectivity index (χ0v) is 13.3. The zero-order chi connectivity index (χ0) is 15.1. The maximum absolute atomic E-state index is 12.1. The maximum atomic E-state index is 12.1. The molecule has 0 radical (unpaired) electrons. The highest BCUT2D eigenvalue weighted by atomic mass is 32.2. The van der Waals surface area contributed by atoms with Gasteiger partial charge in [-0.2, -0.15) is 11.8 Å². The van der Waals surface area contributed by atoms with Gasteiger partial charge in [-0.15, -0.1) is 0 Å². The smallest absolute Gasteiger partial charge is 0.225 e. The molecule has 1 amide bonds. The number of carbonyl (C=O) groups excluding carboxylic acids is 1. The van der Waals surface area contributed by atoms with Crippen molar-refractivity contribution in [2.24, 2.45) is 0 Å². The zero-order valence-electron chi connectivity index (χ0n) is 12.5. The Morgan fingerprint density at radius 2 is 2.33 bits per heavy atom. The topological polar surface area (TPSA) is 59.6 Å². The number of carbonyl (C=O) groups is 1. The summed E-state index contributed by atoms with van der Waals surface area (Å²) >= 11 is 1.89. The first-order valence-corrected chi connectivity index (χ1v) is 8.30. The number of anilines is 1. The summed E-state index contributed by atoms with van der Waals surface area (Å²) in [6, 6.07) is 5.68. The fourth-order valence-corrected chi connectivity index (χ4v) is 3.16. The molecule has 1 atom stereocenters. The Kier molecular flexibility index (Phi) is 6.20. The van der Waals surface area contributed by atoms with Crippen LogP contribution in [0.25, 0.3) is 0 Å². The second kappa shape index (κ2) is 8.14. The molecule has 1 heterocycles. The van der Waals surface area contributed by atoms with Gasteiger partial charge >= 0.3 is 0 Å². The number of hydrogen-bond acceptors (Lipinski definition) is 5. The first kappa shape index (κ1) is 16.0. The summed E-state index contributed by atoms with van der Waals surface area (Å²) in [5.74, 6) is 3.43. The van der Waals surface area contributed by atoms with Crippen LogP contribution in [0.5, 0.6) is 11.5 Å². The molecule has 2 rings (SSSR count). The lowest BCUT2D eigenvalue weighted by Crippen LogP contribution is -2.39. The summed E-state index contributed by atoms with van der Waals surface area (Å²) in [6.07, 6.45) is 0.489. The van der Waals surface area contributed by atoms with Gasteiger partial charge in [0.05, 0.1) is 13.7 Å². The summed E-state index contributed by atoms with van der Waals surface area (Å²) in [4.78, 5) is 12.1. The van der Waals surface area contributed by atoms with E-state index in [9.17, 15) is 4.79 Å². The highest BCUT2D eigenvalue weighted by Gasteiger charge is 2.17. The molecular weight excluding hydrogens is 288 g/mol. The van der Waals surface area contributed by atoms with Crippen molar-refractivity contribution >= 4 is 23.4 Å². The van der Waals surface area contributed by atoms with Gasteiger partial charge in [0.1, 0.15) is 0 Å². The van der Waals surface area contributed by atoms with E-state index in [-0.39, 0.29) is 11.9 Å². The van der Waals surface area contributed by atoms with Gasteiger partial charge in [0.2, 0.25) is 5.91 Å². The average Bonchev–Trinajstić information content (AvgIpc) is 2.49. The van der Waals surface area contributed by atoms with Gasteiger partial charge in [-0.1, -0.05) is 0 Å². The van der Waals surface area contributed by atoms with Crippen LogP contribution < -0.4 is 20.1 Å². The lowest BCUT2D eigenvalue weighted by atomic mass is 10.2. The molecule has 1 aromatic rings. The van der Waals surface area contributed by atoms with Crippen molar-refractivity contribution in [2.45, 2.75) is 19.4 Å². The first-order valence-electron chi connectivity index (χ1n) is 7.14. The minimum Gasteiger partial charge on any atom is -0.493 e. The molecule has 21 heavy (non-hydrogen) atoms. The molecule has 1 aliphatic rings. The van der Waals surface area contributed by atoms with Crippen LogP contribution in [0.1, 0.15) is 13.3 Å². The molecule has 1 fully saturated rings. The molecule has 0 aromatic heterocycles. The lowest BCUT2D eigenvalue weighted by molar-refractivity contribution is -0.116. The second-order valence-electron chi connectivity index (χ2n) is 4.78. The average molecular weight is 310 g/mol. The molecule has 1 aliphatic heterocycles. The third kappa shape index (κ3) is 4.82. The lowest BCUT2D eigenvalue weighted by Gasteiger charge is -2.22. The number of amides is 1. The Labute approximate surface area is 129 Å². The van der Waals surface area contributed by atoms with Gasteiger partial charge in [-0.3, -0.25) is 4.79 Å². The molecule has 0 spiro atoms. The van der Waals surface area contributed by atoms with Crippen molar-refractivity contribution in [1.82, 2.24) is 5.32 Å². The van der Waals surface area contributed by atoms with Crippen LogP contribution in [0.3, 0.4) is 0 Å². The third-order valence-electron chi connectivity index (χ3n) is 3.18. The van der Waals surface area contributed by atoms with Crippen molar-refractivity contribution in [3.05, 3.63) is 18.2 Å². The highest BCUT2D eigenvalue weighted by molar-refractivity contribution is 7.99. The van der Waals surface area contributed by atoms with Gasteiger partial charge in [-0.25, -0.2) is 0 Å². The van der Waals surface area contributed by atoms with Crippen LogP contribution in [0.15, 0.2) is 18.2 Å². The van der Waals surface area contributed by atoms with Crippen LogP contribution in [0.4, 0.5) is 5.69 Å². The van der Waals surface area contributed by atoms with Gasteiger partial charge in [0, 0.05) is 42.3 Å². The molecule has 1 aromatic carbocycles. The Bertz CT molecular complexity index is 476. The molecule has 5 nitrogen and oxygen atoms in total. The van der Waals surface area contributed by atoms with E-state index >= 15 is 0 Å². The van der Waals surface area contributed by atoms with Crippen LogP contribution in [-0.4, -0.2) is 43.7 Å². The maximum Gasteiger partial charge on any atom is 0.225 e. The number of hydrogen-bond donors (Lipinski definition) is 2. The molecular formula is C15H22N2O3S. The second-order valence-corrected chi connectivity index (χ2v) is 5.93. The monoisotopic (exact) mass is 310 g/mol. The van der Waals surface area contributed by atoms with E-state index in [1.165, 1.54) is 0 Å². The number of nitrogens with one attached hydrogen (secondary N) is 2. The standard InChI is InChI=1S/C15H22N2O3S/c1-3-20-14-8-11(4-5-13(14)19-2)17-15(18)9-12-10-21-7-6-16-12/h4-5,8,12,16H,3,6-7,9-10H2,1-2H3,(H,17,18). The number of methoxy groups -OCH3 is 1. The van der Waals surface area contributed by atoms with Crippen molar-refractivity contribution in [2.75, 3.05) is 37.1 Å². The molecule has 0 saturated carbocycles.